The van der Waals surface area contributed by atoms with E-state index < -0.39 is 0 Å². The molecule has 0 saturated heterocycles. The molecule has 0 aliphatic rings. The van der Waals surface area contributed by atoms with Crippen LogP contribution >= 0.6 is 34.9 Å². The molecule has 0 aliphatic heterocycles. The van der Waals surface area contributed by atoms with Gasteiger partial charge in [-0.1, -0.05) is 12.2 Å². The first kappa shape index (κ1) is 11.5. The minimum Gasteiger partial charge on any atom is -0.376 e. The van der Waals surface area contributed by atoms with Crippen LogP contribution in [-0.2, 0) is 6.54 Å². The molecule has 6 heteroatoms. The van der Waals surface area contributed by atoms with Crippen LogP contribution in [0.15, 0.2) is 16.8 Å². The molecule has 0 saturated carbocycles. The molecule has 84 valence electrons. The van der Waals surface area contributed by atoms with Crippen molar-refractivity contribution in [2.24, 2.45) is 0 Å². The predicted octanol–water partition coefficient (Wildman–Crippen LogP) is 2.89. The normalized spacial score (nSPS) is 10.3. The van der Waals surface area contributed by atoms with Crippen LogP contribution in [-0.4, -0.2) is 9.97 Å². The Morgan fingerprint density at radius 1 is 1.56 bits per heavy atom. The molecule has 0 unspecified atom stereocenters. The summed E-state index contributed by atoms with van der Waals surface area (Å²) in [6, 6.07) is 2.08. The number of nitrogens with two attached hydrogens (primary N) is 1. The van der Waals surface area contributed by atoms with Crippen molar-refractivity contribution in [2.75, 3.05) is 5.73 Å². The average molecular weight is 269 g/mol. The van der Waals surface area contributed by atoms with Crippen LogP contribution < -0.4 is 11.1 Å². The van der Waals surface area contributed by atoms with Crippen molar-refractivity contribution in [1.29, 1.82) is 0 Å². The molecule has 0 aliphatic carbocycles. The van der Waals surface area contributed by atoms with Crippen LogP contribution in [0.5, 0.6) is 0 Å². The standard InChI is InChI=1S/C10H11N3S3/c1-6(14)12-4-7-2-3-15-9(7)8-5-16-10(11)13-8/h2-3,5H,4H2,1H3,(H2,11,13)(H,12,14). The second-order valence-electron chi connectivity index (χ2n) is 3.26. The average Bonchev–Trinajstić information content (AvgIpc) is 2.82. The second kappa shape index (κ2) is 4.90. The fourth-order valence-electron chi connectivity index (χ4n) is 1.31. The van der Waals surface area contributed by atoms with E-state index in [-0.39, 0.29) is 0 Å². The summed E-state index contributed by atoms with van der Waals surface area (Å²) in [5.41, 5.74) is 7.80. The summed E-state index contributed by atoms with van der Waals surface area (Å²) in [5.74, 6) is 0. The van der Waals surface area contributed by atoms with Gasteiger partial charge in [-0.3, -0.25) is 0 Å². The van der Waals surface area contributed by atoms with Crippen molar-refractivity contribution in [3.05, 3.63) is 22.4 Å². The molecule has 0 spiro atoms. The monoisotopic (exact) mass is 269 g/mol. The third kappa shape index (κ3) is 2.58. The molecule has 3 nitrogen and oxygen atoms in total. The maximum atomic E-state index is 5.63. The minimum atomic E-state index is 0.605. The zero-order valence-electron chi connectivity index (χ0n) is 8.69. The second-order valence-corrected chi connectivity index (χ2v) is 5.67. The summed E-state index contributed by atoms with van der Waals surface area (Å²) >= 11 is 8.13. The van der Waals surface area contributed by atoms with E-state index in [2.05, 4.69) is 21.7 Å². The summed E-state index contributed by atoms with van der Waals surface area (Å²) in [5, 5.41) is 7.79. The van der Waals surface area contributed by atoms with Gasteiger partial charge >= 0.3 is 0 Å². The lowest BCUT2D eigenvalue weighted by Crippen LogP contribution is -2.17. The third-order valence-corrected chi connectivity index (χ3v) is 3.83. The van der Waals surface area contributed by atoms with E-state index in [0.29, 0.717) is 5.13 Å². The zero-order valence-corrected chi connectivity index (χ0v) is 11.1. The van der Waals surface area contributed by atoms with Gasteiger partial charge in [0.15, 0.2) is 5.13 Å². The molecule has 0 aromatic carbocycles. The number of thiazole rings is 1. The topological polar surface area (TPSA) is 50.9 Å². The Balaban J connectivity index is 2.22. The Morgan fingerprint density at radius 2 is 2.38 bits per heavy atom. The molecule has 2 rings (SSSR count). The summed E-state index contributed by atoms with van der Waals surface area (Å²) in [6.45, 7) is 2.62. The summed E-state index contributed by atoms with van der Waals surface area (Å²) in [6.07, 6.45) is 0. The van der Waals surface area contributed by atoms with Gasteiger partial charge in [-0.2, -0.15) is 0 Å². The van der Waals surface area contributed by atoms with E-state index >= 15 is 0 Å². The van der Waals surface area contributed by atoms with Crippen molar-refractivity contribution in [3.8, 4) is 10.6 Å². The number of hydrogen-bond donors (Lipinski definition) is 2. The number of nitrogens with zero attached hydrogens (tertiary/aromatic N) is 1. The van der Waals surface area contributed by atoms with E-state index in [1.807, 2.05) is 12.3 Å². The maximum Gasteiger partial charge on any atom is 0.180 e. The highest BCUT2D eigenvalue weighted by Gasteiger charge is 2.09. The van der Waals surface area contributed by atoms with Gasteiger partial charge in [0.2, 0.25) is 0 Å². The first-order valence-electron chi connectivity index (χ1n) is 4.69. The number of rotatable bonds is 3. The van der Waals surface area contributed by atoms with Crippen LogP contribution in [0.2, 0.25) is 0 Å². The number of aromatic nitrogens is 1. The fourth-order valence-corrected chi connectivity index (χ4v) is 2.90. The summed E-state index contributed by atoms with van der Waals surface area (Å²) in [4.78, 5) is 6.25. The van der Waals surface area contributed by atoms with Crippen molar-refractivity contribution < 1.29 is 0 Å². The molecule has 0 fully saturated rings. The number of nitrogens with one attached hydrogen (secondary N) is 1. The first-order valence-corrected chi connectivity index (χ1v) is 6.86. The van der Waals surface area contributed by atoms with Gasteiger partial charge < -0.3 is 11.1 Å². The SMILES string of the molecule is CC(=S)NCc1ccsc1-c1csc(N)n1. The Morgan fingerprint density at radius 3 is 3.00 bits per heavy atom. The Labute approximate surface area is 107 Å². The predicted molar refractivity (Wildman–Crippen MR) is 75.0 cm³/mol. The maximum absolute atomic E-state index is 5.63. The largest absolute Gasteiger partial charge is 0.376 e. The van der Waals surface area contributed by atoms with E-state index in [9.17, 15) is 0 Å². The number of hydrogen-bond acceptors (Lipinski definition) is 5. The zero-order chi connectivity index (χ0) is 11.5. The Bertz CT molecular complexity index is 501. The number of anilines is 1. The van der Waals surface area contributed by atoms with Crippen LogP contribution in [0.4, 0.5) is 5.13 Å². The third-order valence-electron chi connectivity index (χ3n) is 2.03. The molecule has 0 atom stereocenters. The lowest BCUT2D eigenvalue weighted by atomic mass is 10.2. The van der Waals surface area contributed by atoms with Gasteiger partial charge in [-0.15, -0.1) is 22.7 Å². The molecule has 0 bridgehead atoms. The van der Waals surface area contributed by atoms with E-state index in [1.165, 1.54) is 16.9 Å². The molecule has 0 amide bonds. The molecule has 2 heterocycles. The summed E-state index contributed by atoms with van der Waals surface area (Å²) < 4.78 is 0. The van der Waals surface area contributed by atoms with Crippen molar-refractivity contribution >= 4 is 45.0 Å². The minimum absolute atomic E-state index is 0.605. The first-order chi connectivity index (χ1) is 7.66. The quantitative estimate of drug-likeness (QED) is 0.841. The van der Waals surface area contributed by atoms with Gasteiger partial charge in [0.1, 0.15) is 0 Å². The van der Waals surface area contributed by atoms with Gasteiger partial charge in [0, 0.05) is 11.9 Å². The van der Waals surface area contributed by atoms with Crippen LogP contribution in [0, 0.1) is 0 Å². The highest BCUT2D eigenvalue weighted by molar-refractivity contribution is 7.80. The van der Waals surface area contributed by atoms with Crippen LogP contribution in [0.3, 0.4) is 0 Å². The Hall–Kier alpha value is -0.980. The smallest absolute Gasteiger partial charge is 0.180 e. The lowest BCUT2D eigenvalue weighted by molar-refractivity contribution is 0.931. The van der Waals surface area contributed by atoms with Crippen molar-refractivity contribution in [1.82, 2.24) is 10.3 Å². The highest BCUT2D eigenvalue weighted by atomic mass is 32.1. The van der Waals surface area contributed by atoms with E-state index in [0.717, 1.165) is 22.1 Å². The van der Waals surface area contributed by atoms with Gasteiger partial charge in [-0.25, -0.2) is 4.98 Å². The molecule has 2 aromatic heterocycles. The van der Waals surface area contributed by atoms with Gasteiger partial charge in [0.25, 0.3) is 0 Å². The molecule has 0 radical (unpaired) electrons. The number of thiophene rings is 1. The molecule has 2 aromatic rings. The Kier molecular flexibility index (Phi) is 3.52. The van der Waals surface area contributed by atoms with E-state index in [4.69, 9.17) is 18.0 Å². The molecular weight excluding hydrogens is 258 g/mol. The van der Waals surface area contributed by atoms with Crippen molar-refractivity contribution in [3.63, 3.8) is 0 Å². The number of nitrogen functional groups attached to an aromatic ring is 1. The van der Waals surface area contributed by atoms with E-state index in [1.54, 1.807) is 11.3 Å². The fraction of sp³-hybridized carbons (Fsp3) is 0.200. The van der Waals surface area contributed by atoms with Gasteiger partial charge in [0.05, 0.1) is 15.6 Å². The van der Waals surface area contributed by atoms with Gasteiger partial charge in [-0.05, 0) is 23.9 Å². The van der Waals surface area contributed by atoms with Crippen LogP contribution in [0.25, 0.3) is 10.6 Å². The number of thiocarbonyl (C=S) groups is 1. The van der Waals surface area contributed by atoms with Crippen LogP contribution in [0.1, 0.15) is 12.5 Å². The summed E-state index contributed by atoms with van der Waals surface area (Å²) in [7, 11) is 0. The lowest BCUT2D eigenvalue weighted by Gasteiger charge is -2.03. The molecule has 3 N–H and O–H groups in total. The highest BCUT2D eigenvalue weighted by Crippen LogP contribution is 2.31. The molecular formula is C10H11N3S3. The van der Waals surface area contributed by atoms with Crippen molar-refractivity contribution in [2.45, 2.75) is 13.5 Å². The molecule has 16 heavy (non-hydrogen) atoms.